The largest absolute Gasteiger partial charge is 0.497 e. The number of amides is 1. The van der Waals surface area contributed by atoms with Crippen LogP contribution in [0.3, 0.4) is 0 Å². The quantitative estimate of drug-likeness (QED) is 0.569. The second kappa shape index (κ2) is 9.62. The molecule has 2 aromatic carbocycles. The summed E-state index contributed by atoms with van der Waals surface area (Å²) in [5.74, 6) is 1.99. The van der Waals surface area contributed by atoms with E-state index >= 15 is 0 Å². The van der Waals surface area contributed by atoms with E-state index in [0.29, 0.717) is 17.4 Å². The molecule has 0 atom stereocenters. The van der Waals surface area contributed by atoms with Gasteiger partial charge in [-0.1, -0.05) is 26.0 Å². The van der Waals surface area contributed by atoms with Crippen LogP contribution in [0.25, 0.3) is 0 Å². The van der Waals surface area contributed by atoms with Crippen molar-refractivity contribution in [2.45, 2.75) is 26.7 Å². The summed E-state index contributed by atoms with van der Waals surface area (Å²) in [5.41, 5.74) is 5.36. The van der Waals surface area contributed by atoms with Gasteiger partial charge in [-0.05, 0) is 42.2 Å². The Bertz CT molecular complexity index is 794. The highest BCUT2D eigenvalue weighted by Crippen LogP contribution is 2.27. The third-order valence-electron chi connectivity index (χ3n) is 3.93. The molecule has 27 heavy (non-hydrogen) atoms. The minimum Gasteiger partial charge on any atom is -0.497 e. The number of aryl methyl sites for hydroxylation is 1. The molecule has 0 saturated carbocycles. The van der Waals surface area contributed by atoms with Crippen LogP contribution in [0.4, 0.5) is 0 Å². The zero-order valence-electron chi connectivity index (χ0n) is 16.4. The summed E-state index contributed by atoms with van der Waals surface area (Å²) in [5, 5.41) is 3.96. The molecule has 0 aliphatic rings. The van der Waals surface area contributed by atoms with E-state index in [2.05, 4.69) is 24.4 Å². The van der Waals surface area contributed by atoms with Crippen LogP contribution in [-0.4, -0.2) is 32.9 Å². The number of carbonyl (C=O) groups excluding carboxylic acids is 1. The van der Waals surface area contributed by atoms with Crippen molar-refractivity contribution >= 4 is 12.1 Å². The van der Waals surface area contributed by atoms with Crippen LogP contribution >= 0.6 is 0 Å². The molecule has 0 radical (unpaired) electrons. The number of nitrogens with one attached hydrogen (secondary N) is 1. The summed E-state index contributed by atoms with van der Waals surface area (Å²) in [6.07, 6.45) is 1.52. The molecule has 6 heteroatoms. The number of nitrogens with zero attached hydrogens (tertiary/aromatic N) is 1. The van der Waals surface area contributed by atoms with Crippen molar-refractivity contribution in [3.8, 4) is 17.2 Å². The highest BCUT2D eigenvalue weighted by molar-refractivity contribution is 5.83. The van der Waals surface area contributed by atoms with Gasteiger partial charge in [0.2, 0.25) is 0 Å². The number of rotatable bonds is 8. The standard InChI is InChI=1S/C21H26N2O4/c1-14(2)19-7-6-15(3)8-20(19)27-13-21(24)23-22-12-16-9-17(25-4)11-18(10-16)26-5/h6-12,14H,13H2,1-5H3,(H,23,24)/b22-12+. The number of ether oxygens (including phenoxy) is 3. The van der Waals surface area contributed by atoms with Crippen molar-refractivity contribution in [2.24, 2.45) is 5.10 Å². The van der Waals surface area contributed by atoms with Crippen LogP contribution < -0.4 is 19.6 Å². The molecule has 2 rings (SSSR count). The van der Waals surface area contributed by atoms with Gasteiger partial charge >= 0.3 is 0 Å². The predicted octanol–water partition coefficient (Wildman–Crippen LogP) is 3.66. The van der Waals surface area contributed by atoms with E-state index in [1.165, 1.54) is 6.21 Å². The summed E-state index contributed by atoms with van der Waals surface area (Å²) in [6, 6.07) is 11.3. The number of hydrogen-bond acceptors (Lipinski definition) is 5. The minimum atomic E-state index is -0.336. The first-order valence-electron chi connectivity index (χ1n) is 8.71. The maximum atomic E-state index is 12.0. The van der Waals surface area contributed by atoms with Gasteiger partial charge in [0.1, 0.15) is 17.2 Å². The fraction of sp³-hybridized carbons (Fsp3) is 0.333. The Morgan fingerprint density at radius 2 is 1.78 bits per heavy atom. The topological polar surface area (TPSA) is 69.2 Å². The molecule has 0 aliphatic heterocycles. The third kappa shape index (κ3) is 6.02. The lowest BCUT2D eigenvalue weighted by Gasteiger charge is -2.14. The average molecular weight is 370 g/mol. The Labute approximate surface area is 160 Å². The van der Waals surface area contributed by atoms with E-state index < -0.39 is 0 Å². The lowest BCUT2D eigenvalue weighted by Crippen LogP contribution is -2.25. The molecule has 0 aliphatic carbocycles. The Balaban J connectivity index is 1.95. The zero-order valence-corrected chi connectivity index (χ0v) is 16.4. The number of carbonyl (C=O) groups is 1. The Morgan fingerprint density at radius 1 is 1.11 bits per heavy atom. The van der Waals surface area contributed by atoms with E-state index in [-0.39, 0.29) is 12.5 Å². The maximum absolute atomic E-state index is 12.0. The first-order chi connectivity index (χ1) is 12.9. The molecule has 1 N–H and O–H groups in total. The molecule has 1 amide bonds. The van der Waals surface area contributed by atoms with Crippen LogP contribution in [0.5, 0.6) is 17.2 Å². The zero-order chi connectivity index (χ0) is 19.8. The van der Waals surface area contributed by atoms with Crippen molar-refractivity contribution < 1.29 is 19.0 Å². The van der Waals surface area contributed by atoms with Gasteiger partial charge in [0.15, 0.2) is 6.61 Å². The second-order valence-corrected chi connectivity index (χ2v) is 6.42. The molecule has 2 aromatic rings. The van der Waals surface area contributed by atoms with Gasteiger partial charge in [0.05, 0.1) is 20.4 Å². The Hall–Kier alpha value is -3.02. The van der Waals surface area contributed by atoms with Gasteiger partial charge in [-0.15, -0.1) is 0 Å². The van der Waals surface area contributed by atoms with Gasteiger partial charge in [0, 0.05) is 11.6 Å². The molecule has 0 saturated heterocycles. The van der Waals surface area contributed by atoms with Crippen molar-refractivity contribution in [3.63, 3.8) is 0 Å². The van der Waals surface area contributed by atoms with Crippen LogP contribution in [0, 0.1) is 6.92 Å². The van der Waals surface area contributed by atoms with Gasteiger partial charge in [-0.25, -0.2) is 5.43 Å². The SMILES string of the molecule is COc1cc(/C=N/NC(=O)COc2cc(C)ccc2C(C)C)cc(OC)c1. The molecule has 0 aromatic heterocycles. The van der Waals surface area contributed by atoms with Crippen LogP contribution in [0.2, 0.25) is 0 Å². The molecular weight excluding hydrogens is 344 g/mol. The molecule has 6 nitrogen and oxygen atoms in total. The Morgan fingerprint density at radius 3 is 2.37 bits per heavy atom. The molecule has 0 heterocycles. The summed E-state index contributed by atoms with van der Waals surface area (Å²) < 4.78 is 16.1. The average Bonchev–Trinajstić information content (AvgIpc) is 2.65. The van der Waals surface area contributed by atoms with E-state index in [1.807, 2.05) is 25.1 Å². The summed E-state index contributed by atoms with van der Waals surface area (Å²) in [4.78, 5) is 12.0. The van der Waals surface area contributed by atoms with Gasteiger partial charge < -0.3 is 14.2 Å². The highest BCUT2D eigenvalue weighted by atomic mass is 16.5. The van der Waals surface area contributed by atoms with Crippen molar-refractivity contribution in [1.29, 1.82) is 0 Å². The Kier molecular flexibility index (Phi) is 7.23. The van der Waals surface area contributed by atoms with Crippen LogP contribution in [0.15, 0.2) is 41.5 Å². The van der Waals surface area contributed by atoms with E-state index in [1.54, 1.807) is 32.4 Å². The third-order valence-corrected chi connectivity index (χ3v) is 3.93. The van der Waals surface area contributed by atoms with Gasteiger partial charge in [0.25, 0.3) is 5.91 Å². The fourth-order valence-corrected chi connectivity index (χ4v) is 2.50. The van der Waals surface area contributed by atoms with Gasteiger partial charge in [-0.2, -0.15) is 5.10 Å². The fourth-order valence-electron chi connectivity index (χ4n) is 2.50. The van der Waals surface area contributed by atoms with Crippen molar-refractivity contribution in [2.75, 3.05) is 20.8 Å². The summed E-state index contributed by atoms with van der Waals surface area (Å²) in [7, 11) is 3.15. The first kappa shape index (κ1) is 20.3. The molecular formula is C21H26N2O4. The normalized spacial score (nSPS) is 10.9. The van der Waals surface area contributed by atoms with Crippen LogP contribution in [-0.2, 0) is 4.79 Å². The lowest BCUT2D eigenvalue weighted by atomic mass is 10.0. The molecule has 0 fully saturated rings. The predicted molar refractivity (Wildman–Crippen MR) is 106 cm³/mol. The monoisotopic (exact) mass is 370 g/mol. The van der Waals surface area contributed by atoms with E-state index in [4.69, 9.17) is 14.2 Å². The maximum Gasteiger partial charge on any atom is 0.277 e. The molecule has 0 unspecified atom stereocenters. The number of methoxy groups -OCH3 is 2. The lowest BCUT2D eigenvalue weighted by molar-refractivity contribution is -0.123. The minimum absolute atomic E-state index is 0.109. The molecule has 0 bridgehead atoms. The number of benzene rings is 2. The van der Waals surface area contributed by atoms with Crippen LogP contribution in [0.1, 0.15) is 36.5 Å². The molecule has 0 spiro atoms. The first-order valence-corrected chi connectivity index (χ1v) is 8.71. The second-order valence-electron chi connectivity index (χ2n) is 6.42. The van der Waals surface area contributed by atoms with E-state index in [0.717, 1.165) is 22.4 Å². The summed E-state index contributed by atoms with van der Waals surface area (Å²) in [6.45, 7) is 6.06. The molecule has 144 valence electrons. The number of hydrazone groups is 1. The number of hydrogen-bond donors (Lipinski definition) is 1. The van der Waals surface area contributed by atoms with Crippen molar-refractivity contribution in [3.05, 3.63) is 53.1 Å². The van der Waals surface area contributed by atoms with Crippen molar-refractivity contribution in [1.82, 2.24) is 5.43 Å². The summed E-state index contributed by atoms with van der Waals surface area (Å²) >= 11 is 0. The van der Waals surface area contributed by atoms with E-state index in [9.17, 15) is 4.79 Å². The van der Waals surface area contributed by atoms with Gasteiger partial charge in [-0.3, -0.25) is 4.79 Å². The highest BCUT2D eigenvalue weighted by Gasteiger charge is 2.10. The smallest absolute Gasteiger partial charge is 0.277 e.